The molecule has 0 aromatic heterocycles. The van der Waals surface area contributed by atoms with Crippen molar-refractivity contribution in [3.8, 4) is 0 Å². The molecule has 3 N–H and O–H groups in total. The van der Waals surface area contributed by atoms with Crippen LogP contribution >= 0.6 is 0 Å². The van der Waals surface area contributed by atoms with Crippen molar-refractivity contribution in [3.63, 3.8) is 0 Å². The maximum Gasteiger partial charge on any atom is 0.320 e. The van der Waals surface area contributed by atoms with Gasteiger partial charge < -0.3 is 20.2 Å². The van der Waals surface area contributed by atoms with E-state index < -0.39 is 20.3 Å². The molecule has 0 radical (unpaired) electrons. The molecular formula is C13H30N2O3Si. The monoisotopic (exact) mass is 290 g/mol. The molecule has 0 saturated heterocycles. The van der Waals surface area contributed by atoms with Crippen LogP contribution in [0.25, 0.3) is 0 Å². The van der Waals surface area contributed by atoms with E-state index in [0.29, 0.717) is 13.0 Å². The molecule has 0 fully saturated rings. The molecule has 19 heavy (non-hydrogen) atoms. The van der Waals surface area contributed by atoms with E-state index in [1.165, 1.54) is 0 Å². The van der Waals surface area contributed by atoms with Crippen LogP contribution < -0.4 is 10.6 Å². The number of nitrogens with one attached hydrogen (secondary N) is 2. The van der Waals surface area contributed by atoms with Gasteiger partial charge in [0.1, 0.15) is 6.04 Å². The standard InChI is InChI=1S/C13H30N2O3Si/c1-13(2,3)19(6,7)18-10(9-14-4)8-11(15-5)12(16)17/h10-11,14-15H,8-9H2,1-7H3,(H,16,17)/t10-,11+/m1/s1. The minimum atomic E-state index is -1.88. The van der Waals surface area contributed by atoms with Gasteiger partial charge in [-0.25, -0.2) is 0 Å². The van der Waals surface area contributed by atoms with Crippen LogP contribution in [0.2, 0.25) is 18.1 Å². The molecule has 0 bridgehead atoms. The van der Waals surface area contributed by atoms with Crippen LogP contribution in [0, 0.1) is 0 Å². The molecule has 0 aliphatic heterocycles. The van der Waals surface area contributed by atoms with E-state index in [9.17, 15) is 4.79 Å². The van der Waals surface area contributed by atoms with Crippen LogP contribution in [0.15, 0.2) is 0 Å². The Hall–Kier alpha value is -0.433. The summed E-state index contributed by atoms with van der Waals surface area (Å²) >= 11 is 0. The van der Waals surface area contributed by atoms with Gasteiger partial charge in [0.25, 0.3) is 0 Å². The molecule has 0 saturated carbocycles. The third-order valence-electron chi connectivity index (χ3n) is 3.84. The number of carbonyl (C=O) groups is 1. The molecule has 0 aromatic rings. The summed E-state index contributed by atoms with van der Waals surface area (Å²) in [4.78, 5) is 11.1. The number of carboxylic acids is 1. The van der Waals surface area contributed by atoms with Gasteiger partial charge in [0.15, 0.2) is 8.32 Å². The SMILES string of the molecule is CNC[C@@H](C[C@H](NC)C(=O)O)O[Si](C)(C)C(C)(C)C. The molecule has 6 heteroatoms. The van der Waals surface area contributed by atoms with Gasteiger partial charge in [0.05, 0.1) is 6.10 Å². The summed E-state index contributed by atoms with van der Waals surface area (Å²) in [5.41, 5.74) is 0. The zero-order valence-electron chi connectivity index (χ0n) is 13.3. The average molecular weight is 290 g/mol. The first-order valence-electron chi connectivity index (χ1n) is 6.77. The first-order valence-corrected chi connectivity index (χ1v) is 9.68. The molecule has 0 spiro atoms. The molecule has 114 valence electrons. The predicted molar refractivity (Wildman–Crippen MR) is 81.1 cm³/mol. The molecule has 0 heterocycles. The summed E-state index contributed by atoms with van der Waals surface area (Å²) in [6, 6.07) is -0.567. The van der Waals surface area contributed by atoms with Crippen LogP contribution in [0.4, 0.5) is 0 Å². The van der Waals surface area contributed by atoms with Crippen LogP contribution in [-0.4, -0.2) is 52.2 Å². The Kier molecular flexibility index (Phi) is 7.21. The van der Waals surface area contributed by atoms with Gasteiger partial charge in [-0.05, 0) is 38.6 Å². The number of rotatable bonds is 8. The molecule has 0 aliphatic rings. The number of hydrogen-bond donors (Lipinski definition) is 3. The van der Waals surface area contributed by atoms with Gasteiger partial charge in [-0.1, -0.05) is 20.8 Å². The van der Waals surface area contributed by atoms with Gasteiger partial charge >= 0.3 is 5.97 Å². The van der Waals surface area contributed by atoms with Crippen LogP contribution in [0.3, 0.4) is 0 Å². The Bertz CT molecular complexity index is 290. The molecule has 0 aromatic carbocycles. The number of hydrogen-bond acceptors (Lipinski definition) is 4. The molecule has 0 rings (SSSR count). The highest BCUT2D eigenvalue weighted by atomic mass is 28.4. The van der Waals surface area contributed by atoms with Crippen LogP contribution in [-0.2, 0) is 9.22 Å². The van der Waals surface area contributed by atoms with Gasteiger partial charge in [-0.3, -0.25) is 4.79 Å². The van der Waals surface area contributed by atoms with Gasteiger partial charge in [-0.2, -0.15) is 0 Å². The summed E-state index contributed by atoms with van der Waals surface area (Å²) < 4.78 is 6.30. The fraction of sp³-hybridized carbons (Fsp3) is 0.923. The lowest BCUT2D eigenvalue weighted by Crippen LogP contribution is -2.49. The Morgan fingerprint density at radius 3 is 2.16 bits per heavy atom. The minimum Gasteiger partial charge on any atom is -0.480 e. The van der Waals surface area contributed by atoms with Crippen LogP contribution in [0.1, 0.15) is 27.2 Å². The van der Waals surface area contributed by atoms with Crippen molar-refractivity contribution >= 4 is 14.3 Å². The number of likely N-dealkylation sites (N-methyl/N-ethyl adjacent to an activating group) is 2. The van der Waals surface area contributed by atoms with Crippen molar-refractivity contribution in [2.24, 2.45) is 0 Å². The maximum absolute atomic E-state index is 11.1. The quantitative estimate of drug-likeness (QED) is 0.593. The number of carboxylic acid groups (broad SMARTS) is 1. The Labute approximate surface area is 118 Å². The fourth-order valence-corrected chi connectivity index (χ4v) is 2.97. The van der Waals surface area contributed by atoms with Gasteiger partial charge in [0.2, 0.25) is 0 Å². The first-order chi connectivity index (χ1) is 8.55. The summed E-state index contributed by atoms with van der Waals surface area (Å²) in [5.74, 6) is -0.831. The van der Waals surface area contributed by atoms with Crippen molar-refractivity contribution in [1.29, 1.82) is 0 Å². The third kappa shape index (κ3) is 6.03. The van der Waals surface area contributed by atoms with E-state index >= 15 is 0 Å². The normalized spacial score (nSPS) is 16.2. The first kappa shape index (κ1) is 18.6. The van der Waals surface area contributed by atoms with Crippen molar-refractivity contribution in [2.45, 2.75) is 57.5 Å². The zero-order valence-corrected chi connectivity index (χ0v) is 14.3. The van der Waals surface area contributed by atoms with E-state index in [4.69, 9.17) is 9.53 Å². The maximum atomic E-state index is 11.1. The topological polar surface area (TPSA) is 70.6 Å². The Morgan fingerprint density at radius 2 is 1.84 bits per heavy atom. The highest BCUT2D eigenvalue weighted by Gasteiger charge is 2.39. The summed E-state index contributed by atoms with van der Waals surface area (Å²) in [7, 11) is 1.65. The summed E-state index contributed by atoms with van der Waals surface area (Å²) in [5, 5.41) is 15.2. The predicted octanol–water partition coefficient (Wildman–Crippen LogP) is 1.66. The van der Waals surface area contributed by atoms with Gasteiger partial charge in [-0.15, -0.1) is 0 Å². The lowest BCUT2D eigenvalue weighted by Gasteiger charge is -2.39. The van der Waals surface area contributed by atoms with Crippen molar-refractivity contribution < 1.29 is 14.3 Å². The molecular weight excluding hydrogens is 260 g/mol. The second-order valence-electron chi connectivity index (χ2n) is 6.47. The zero-order chi connectivity index (χ0) is 15.3. The largest absolute Gasteiger partial charge is 0.480 e. The van der Waals surface area contributed by atoms with E-state index in [2.05, 4.69) is 44.5 Å². The van der Waals surface area contributed by atoms with Crippen molar-refractivity contribution in [2.75, 3.05) is 20.6 Å². The van der Waals surface area contributed by atoms with Gasteiger partial charge in [0, 0.05) is 6.54 Å². The van der Waals surface area contributed by atoms with Crippen molar-refractivity contribution in [3.05, 3.63) is 0 Å². The third-order valence-corrected chi connectivity index (χ3v) is 8.38. The Morgan fingerprint density at radius 1 is 1.32 bits per heavy atom. The van der Waals surface area contributed by atoms with Crippen LogP contribution in [0.5, 0.6) is 0 Å². The van der Waals surface area contributed by atoms with E-state index in [0.717, 1.165) is 0 Å². The average Bonchev–Trinajstić information content (AvgIpc) is 2.23. The fourth-order valence-electron chi connectivity index (χ4n) is 1.60. The Balaban J connectivity index is 4.79. The second kappa shape index (κ2) is 7.38. The molecule has 2 atom stereocenters. The number of aliphatic carboxylic acids is 1. The molecule has 0 unspecified atom stereocenters. The molecule has 0 amide bonds. The minimum absolute atomic E-state index is 0.0839. The van der Waals surface area contributed by atoms with E-state index in [-0.39, 0.29) is 11.1 Å². The lowest BCUT2D eigenvalue weighted by molar-refractivity contribution is -0.140. The summed E-state index contributed by atoms with van der Waals surface area (Å²) in [6.07, 6.45) is 0.388. The lowest BCUT2D eigenvalue weighted by atomic mass is 10.1. The second-order valence-corrected chi connectivity index (χ2v) is 11.2. The van der Waals surface area contributed by atoms with E-state index in [1.54, 1.807) is 7.05 Å². The molecule has 0 aliphatic carbocycles. The smallest absolute Gasteiger partial charge is 0.320 e. The highest BCUT2D eigenvalue weighted by molar-refractivity contribution is 6.74. The van der Waals surface area contributed by atoms with E-state index in [1.807, 2.05) is 7.05 Å². The summed E-state index contributed by atoms with van der Waals surface area (Å²) in [6.45, 7) is 11.6. The molecule has 5 nitrogen and oxygen atoms in total. The van der Waals surface area contributed by atoms with Crippen molar-refractivity contribution in [1.82, 2.24) is 10.6 Å². The highest BCUT2D eigenvalue weighted by Crippen LogP contribution is 2.37.